The molecule has 3 N–H and O–H groups in total. The van der Waals surface area contributed by atoms with E-state index in [9.17, 15) is 23.3 Å². The van der Waals surface area contributed by atoms with Crippen LogP contribution in [0.1, 0.15) is 123 Å². The van der Waals surface area contributed by atoms with E-state index >= 15 is 0 Å². The maximum Gasteiger partial charge on any atom is 0.344 e. The second-order valence-corrected chi connectivity index (χ2v) is 16.4. The number of unbranched alkanes of at least 4 members (excludes halogenated alkanes) is 11. The Balaban J connectivity index is 1.48. The second-order valence-electron chi connectivity index (χ2n) is 14.5. The van der Waals surface area contributed by atoms with Crippen LogP contribution in [-0.4, -0.2) is 57.8 Å². The van der Waals surface area contributed by atoms with Crippen LogP contribution in [0.4, 0.5) is 22.9 Å². The number of ether oxygens (including phenoxy) is 2. The van der Waals surface area contributed by atoms with E-state index in [1.54, 1.807) is 54.6 Å². The topological polar surface area (TPSA) is 178 Å². The molecule has 4 aromatic rings. The molecule has 59 heavy (non-hydrogen) atoms. The summed E-state index contributed by atoms with van der Waals surface area (Å²) < 4.78 is 37.3. The Labute approximate surface area is 349 Å². The van der Waals surface area contributed by atoms with E-state index in [0.717, 1.165) is 36.8 Å². The van der Waals surface area contributed by atoms with E-state index in [1.165, 1.54) is 57.8 Å². The number of nitrogens with zero attached hydrogens (tertiary/aromatic N) is 4. The summed E-state index contributed by atoms with van der Waals surface area (Å²) in [4.78, 5) is 32.0. The summed E-state index contributed by atoms with van der Waals surface area (Å²) in [6, 6.07) is 22.9. The molecule has 1 heterocycles. The largest absolute Gasteiger partial charge is 0.491 e. The van der Waals surface area contributed by atoms with Gasteiger partial charge in [0.2, 0.25) is 15.9 Å². The molecule has 0 spiro atoms. The van der Waals surface area contributed by atoms with Gasteiger partial charge in [-0.15, -0.1) is 10.2 Å². The summed E-state index contributed by atoms with van der Waals surface area (Å²) in [5, 5.41) is 22.0. The monoisotopic (exact) mass is 825 g/mol. The highest BCUT2D eigenvalue weighted by Crippen LogP contribution is 2.35. The van der Waals surface area contributed by atoms with E-state index in [0.29, 0.717) is 36.8 Å². The molecular weight excluding hydrogens is 767 g/mol. The van der Waals surface area contributed by atoms with Crippen LogP contribution in [0.2, 0.25) is 0 Å². The van der Waals surface area contributed by atoms with Crippen molar-refractivity contribution < 1.29 is 27.5 Å². The number of rotatable bonds is 26. The Morgan fingerprint density at radius 2 is 1.49 bits per heavy atom. The number of amides is 1. The number of azo groups is 1. The highest BCUT2D eigenvalue weighted by molar-refractivity contribution is 7.88. The van der Waals surface area contributed by atoms with E-state index < -0.39 is 21.9 Å². The number of aryl methyl sites for hydroxylation is 1. The number of benzene rings is 3. The van der Waals surface area contributed by atoms with Crippen molar-refractivity contribution in [3.8, 4) is 17.7 Å². The Morgan fingerprint density at radius 3 is 2.12 bits per heavy atom. The van der Waals surface area contributed by atoms with Gasteiger partial charge in [-0.05, 0) is 68.3 Å². The van der Waals surface area contributed by atoms with Crippen molar-refractivity contribution in [2.45, 2.75) is 97.8 Å². The fraction of sp³-hybridized carbons (Fsp3) is 0.444. The van der Waals surface area contributed by atoms with E-state index in [-0.39, 0.29) is 34.9 Å². The molecule has 0 atom stereocenters. The van der Waals surface area contributed by atoms with Gasteiger partial charge in [0.1, 0.15) is 22.9 Å². The number of likely N-dealkylation sites (N-methyl/N-ethyl adjacent to an activating group) is 1. The molecule has 0 unspecified atom stereocenters. The molecule has 1 amide bonds. The van der Waals surface area contributed by atoms with Crippen LogP contribution in [0.3, 0.4) is 0 Å². The zero-order valence-electron chi connectivity index (χ0n) is 34.9. The van der Waals surface area contributed by atoms with Crippen LogP contribution in [0.25, 0.3) is 0 Å². The van der Waals surface area contributed by atoms with Crippen molar-refractivity contribution in [1.82, 2.24) is 9.71 Å². The van der Waals surface area contributed by atoms with Gasteiger partial charge >= 0.3 is 5.97 Å². The molecule has 4 rings (SSSR count). The second kappa shape index (κ2) is 24.4. The average Bonchev–Trinajstić information content (AvgIpc) is 3.58. The molecule has 0 bridgehead atoms. The van der Waals surface area contributed by atoms with Crippen LogP contribution < -0.4 is 24.4 Å². The number of H-pyrrole nitrogens is 1. The normalized spacial score (nSPS) is 11.4. The Kier molecular flexibility index (Phi) is 19.1. The van der Waals surface area contributed by atoms with Crippen molar-refractivity contribution >= 4 is 44.8 Å². The Hall–Kier alpha value is -5.52. The summed E-state index contributed by atoms with van der Waals surface area (Å²) in [5.41, 5.74) is 2.39. The lowest BCUT2D eigenvalue weighted by atomic mass is 10.1. The molecule has 0 radical (unpaired) electrons. The number of nitriles is 1. The maximum atomic E-state index is 14.1. The molecule has 1 aromatic heterocycles. The van der Waals surface area contributed by atoms with Crippen LogP contribution in [0.15, 0.2) is 83.0 Å². The smallest absolute Gasteiger partial charge is 0.344 e. The van der Waals surface area contributed by atoms with Gasteiger partial charge < -0.3 is 24.7 Å². The quantitative estimate of drug-likeness (QED) is 0.0318. The third-order valence-corrected chi connectivity index (χ3v) is 10.5. The van der Waals surface area contributed by atoms with Gasteiger partial charge in [-0.3, -0.25) is 4.79 Å². The van der Waals surface area contributed by atoms with Crippen LogP contribution in [0, 0.1) is 18.3 Å². The minimum absolute atomic E-state index is 0.0877. The summed E-state index contributed by atoms with van der Waals surface area (Å²) in [6.45, 7) is 7.91. The molecule has 0 fully saturated rings. The number of sulfonamides is 1. The number of anilines is 2. The molecule has 0 saturated carbocycles. The number of hydrogen-bond donors (Lipinski definition) is 3. The van der Waals surface area contributed by atoms with Crippen molar-refractivity contribution in [2.24, 2.45) is 10.2 Å². The molecular formula is C45H59N7O6S. The van der Waals surface area contributed by atoms with Gasteiger partial charge in [0, 0.05) is 25.3 Å². The SMILES string of the molecule is CCCCCCCCCCCCCCOc1ccccc1NC(=O)c1c(N=Nc2ccc(N(CC)CCNS(C)(=O)=O)cc2C)[nH]c(OC(=O)c2ccccc2)c1C#N. The predicted molar refractivity (Wildman–Crippen MR) is 234 cm³/mol. The molecule has 14 heteroatoms. The van der Waals surface area contributed by atoms with E-state index in [2.05, 4.69) is 32.2 Å². The Bertz CT molecular complexity index is 2130. The van der Waals surface area contributed by atoms with Crippen molar-refractivity contribution in [3.63, 3.8) is 0 Å². The number of carbonyl (C=O) groups is 2. The molecule has 0 aliphatic rings. The zero-order valence-corrected chi connectivity index (χ0v) is 35.7. The van der Waals surface area contributed by atoms with Gasteiger partial charge in [0.15, 0.2) is 5.82 Å². The summed E-state index contributed by atoms with van der Waals surface area (Å²) in [5.74, 6) is -1.25. The third kappa shape index (κ3) is 15.3. The highest BCUT2D eigenvalue weighted by Gasteiger charge is 2.27. The minimum Gasteiger partial charge on any atom is -0.491 e. The van der Waals surface area contributed by atoms with Crippen LogP contribution >= 0.6 is 0 Å². The van der Waals surface area contributed by atoms with E-state index in [4.69, 9.17) is 9.47 Å². The maximum absolute atomic E-state index is 14.1. The van der Waals surface area contributed by atoms with Crippen LogP contribution in [-0.2, 0) is 10.0 Å². The summed E-state index contributed by atoms with van der Waals surface area (Å²) in [6.07, 6.45) is 16.0. The first kappa shape index (κ1) is 46.2. The van der Waals surface area contributed by atoms with E-state index in [1.807, 2.05) is 43.0 Å². The molecule has 0 aliphatic carbocycles. The van der Waals surface area contributed by atoms with Gasteiger partial charge in [0.05, 0.1) is 29.8 Å². The number of carbonyl (C=O) groups excluding carboxylic acids is 2. The summed E-state index contributed by atoms with van der Waals surface area (Å²) in [7, 11) is -3.31. The first-order chi connectivity index (χ1) is 28.5. The van der Waals surface area contributed by atoms with Gasteiger partial charge in [-0.2, -0.15) is 5.26 Å². The molecule has 0 aliphatic heterocycles. The number of para-hydroxylation sites is 2. The predicted octanol–water partition coefficient (Wildman–Crippen LogP) is 10.5. The minimum atomic E-state index is -3.31. The number of esters is 1. The van der Waals surface area contributed by atoms with Crippen molar-refractivity contribution in [3.05, 3.63) is 95.1 Å². The standard InChI is InChI=1S/C45H59N7O6S/c1-5-7-8-9-10-11-12-13-14-15-16-22-31-57-40-26-21-20-25-39(40)48-43(53)41-37(33-46)44(58-45(54)35-23-18-17-19-24-35)49-42(41)51-50-38-28-27-36(32-34(38)3)52(6-2)30-29-47-59(4,55)56/h17-21,23-28,32,47,49H,5-16,22,29-31H2,1-4H3,(H,48,53). The number of nitrogens with one attached hydrogen (secondary N) is 3. The molecule has 316 valence electrons. The van der Waals surface area contributed by atoms with Crippen molar-refractivity contribution in [1.29, 1.82) is 5.26 Å². The third-order valence-electron chi connectivity index (χ3n) is 9.81. The summed E-state index contributed by atoms with van der Waals surface area (Å²) >= 11 is 0. The Morgan fingerprint density at radius 1 is 0.847 bits per heavy atom. The molecule has 3 aromatic carbocycles. The van der Waals surface area contributed by atoms with Crippen LogP contribution in [0.5, 0.6) is 11.6 Å². The fourth-order valence-corrected chi connectivity index (χ4v) is 7.03. The lowest BCUT2D eigenvalue weighted by Gasteiger charge is -2.23. The van der Waals surface area contributed by atoms with Crippen molar-refractivity contribution in [2.75, 3.05) is 42.7 Å². The zero-order chi connectivity index (χ0) is 42.5. The highest BCUT2D eigenvalue weighted by atomic mass is 32.2. The van der Waals surface area contributed by atoms with Gasteiger partial charge in [-0.25, -0.2) is 17.9 Å². The first-order valence-corrected chi connectivity index (χ1v) is 22.6. The van der Waals surface area contributed by atoms with Gasteiger partial charge in [-0.1, -0.05) is 108 Å². The first-order valence-electron chi connectivity index (χ1n) is 20.7. The number of aromatic nitrogens is 1. The lowest BCUT2D eigenvalue weighted by Crippen LogP contribution is -2.34. The molecule has 13 nitrogen and oxygen atoms in total. The average molecular weight is 826 g/mol. The fourth-order valence-electron chi connectivity index (χ4n) is 6.56. The van der Waals surface area contributed by atoms with Gasteiger partial charge in [0.25, 0.3) is 5.91 Å². The molecule has 0 saturated heterocycles. The lowest BCUT2D eigenvalue weighted by molar-refractivity contribution is 0.0727. The number of hydrogen-bond acceptors (Lipinski definition) is 10. The number of aromatic amines is 1.